The van der Waals surface area contributed by atoms with Crippen LogP contribution in [-0.2, 0) is 0 Å². The van der Waals surface area contributed by atoms with Crippen LogP contribution < -0.4 is 0 Å². The summed E-state index contributed by atoms with van der Waals surface area (Å²) in [5.74, 6) is 0. The van der Waals surface area contributed by atoms with E-state index in [4.69, 9.17) is 0 Å². The second kappa shape index (κ2) is 18.0. The number of aromatic amines is 6. The highest BCUT2D eigenvalue weighted by Crippen LogP contribution is 2.21. The molecule has 6 aliphatic rings. The van der Waals surface area contributed by atoms with E-state index in [1.165, 1.54) is 0 Å². The molecule has 9 aromatic heterocycles. The van der Waals surface area contributed by atoms with E-state index in [9.17, 15) is 0 Å². The number of hydrogen-bond acceptors (Lipinski definition) is 6. The van der Waals surface area contributed by atoms with Gasteiger partial charge >= 0.3 is 0 Å². The highest BCUT2D eigenvalue weighted by molar-refractivity contribution is 5.81. The number of nitrogens with zero attached hydrogens (tertiary/aromatic N) is 6. The van der Waals surface area contributed by atoms with Crippen molar-refractivity contribution >= 4 is 139 Å². The Morgan fingerprint density at radius 1 is 0.153 bits per heavy atom. The lowest BCUT2D eigenvalue weighted by Gasteiger charge is -1.86. The average Bonchev–Trinajstić information content (AvgIpc) is 4.18. The van der Waals surface area contributed by atoms with Crippen molar-refractivity contribution in [3.05, 3.63) is 214 Å². The van der Waals surface area contributed by atoms with Crippen LogP contribution in [0.1, 0.15) is 68.3 Å². The Morgan fingerprint density at radius 3 is 0.431 bits per heavy atom. The molecule has 24 bridgehead atoms. The molecule has 342 valence electrons. The first-order chi connectivity index (χ1) is 35.4. The quantitative estimate of drug-likeness (QED) is 0.0883. The molecule has 0 spiro atoms. The van der Waals surface area contributed by atoms with Crippen LogP contribution >= 0.6 is 0 Å². The summed E-state index contributed by atoms with van der Waals surface area (Å²) in [4.78, 5) is 48.1. The van der Waals surface area contributed by atoms with Crippen molar-refractivity contribution in [1.29, 1.82) is 0 Å². The van der Waals surface area contributed by atoms with Crippen LogP contribution in [0.3, 0.4) is 0 Å². The molecule has 12 heteroatoms. The summed E-state index contributed by atoms with van der Waals surface area (Å²) < 4.78 is 0. The third-order valence-electron chi connectivity index (χ3n) is 12.1. The molecule has 0 atom stereocenters. The normalized spacial score (nSPS) is 12.7. The van der Waals surface area contributed by atoms with Gasteiger partial charge in [0, 0.05) is 66.2 Å². The smallest absolute Gasteiger partial charge is 0.0659 e. The molecule has 0 aromatic carbocycles. The van der Waals surface area contributed by atoms with Crippen molar-refractivity contribution in [2.75, 3.05) is 0 Å². The van der Waals surface area contributed by atoms with Gasteiger partial charge in [-0.05, 0) is 219 Å². The van der Waals surface area contributed by atoms with Crippen molar-refractivity contribution in [1.82, 2.24) is 59.8 Å². The zero-order valence-corrected chi connectivity index (χ0v) is 38.5. The number of rotatable bonds is 0. The Kier molecular flexibility index (Phi) is 10.5. The Morgan fingerprint density at radius 2 is 0.278 bits per heavy atom. The molecule has 12 nitrogen and oxygen atoms in total. The molecule has 0 aliphatic carbocycles. The molecule has 9 aromatic rings. The van der Waals surface area contributed by atoms with Crippen molar-refractivity contribution in [3.8, 4) is 0 Å². The molecular formula is C60H42N12. The summed E-state index contributed by atoms with van der Waals surface area (Å²) in [7, 11) is 0. The molecule has 72 heavy (non-hydrogen) atoms. The number of hydrogen-bond donors (Lipinski definition) is 6. The fraction of sp³-hybridized carbons (Fsp3) is 0. The molecule has 0 amide bonds. The predicted molar refractivity (Wildman–Crippen MR) is 297 cm³/mol. The van der Waals surface area contributed by atoms with E-state index in [1.807, 2.05) is 128 Å². The summed E-state index contributed by atoms with van der Waals surface area (Å²) in [5.41, 5.74) is 23.6. The maximum absolute atomic E-state index is 4.62. The zero-order chi connectivity index (χ0) is 47.8. The number of H-pyrrole nitrogens is 6. The molecule has 0 fully saturated rings. The lowest BCUT2D eigenvalue weighted by Crippen LogP contribution is -1.77. The predicted octanol–water partition coefficient (Wildman–Crippen LogP) is 14.0. The molecule has 6 aliphatic heterocycles. The maximum atomic E-state index is 4.62. The monoisotopic (exact) mass is 930 g/mol. The van der Waals surface area contributed by atoms with Gasteiger partial charge in [-0.15, -0.1) is 0 Å². The van der Waals surface area contributed by atoms with Gasteiger partial charge in [0.1, 0.15) is 0 Å². The van der Waals surface area contributed by atoms with Crippen LogP contribution in [0.15, 0.2) is 146 Å². The van der Waals surface area contributed by atoms with Crippen LogP contribution in [0, 0.1) is 0 Å². The second-order valence-corrected chi connectivity index (χ2v) is 17.7. The van der Waals surface area contributed by atoms with Gasteiger partial charge in [0.25, 0.3) is 0 Å². The van der Waals surface area contributed by atoms with E-state index < -0.39 is 0 Å². The first-order valence-corrected chi connectivity index (χ1v) is 23.5. The van der Waals surface area contributed by atoms with Gasteiger partial charge in [-0.2, -0.15) is 0 Å². The van der Waals surface area contributed by atoms with E-state index in [2.05, 4.69) is 151 Å². The van der Waals surface area contributed by atoms with Gasteiger partial charge in [-0.1, -0.05) is 0 Å². The van der Waals surface area contributed by atoms with Crippen molar-refractivity contribution in [3.63, 3.8) is 0 Å². The summed E-state index contributed by atoms with van der Waals surface area (Å²) in [6, 6.07) is 49.2. The summed E-state index contributed by atoms with van der Waals surface area (Å²) in [5, 5.41) is 0. The van der Waals surface area contributed by atoms with E-state index in [0.29, 0.717) is 0 Å². The third-order valence-corrected chi connectivity index (χ3v) is 12.1. The Hall–Kier alpha value is -10.2. The van der Waals surface area contributed by atoms with Gasteiger partial charge < -0.3 is 29.9 Å². The largest absolute Gasteiger partial charge is 0.355 e. The average molecular weight is 931 g/mol. The van der Waals surface area contributed by atoms with Gasteiger partial charge in [0.05, 0.1) is 68.3 Å². The van der Waals surface area contributed by atoms with E-state index in [0.717, 1.165) is 135 Å². The minimum Gasteiger partial charge on any atom is -0.355 e. The molecule has 0 saturated heterocycles. The minimum atomic E-state index is 0.915. The Labute approximate surface area is 411 Å². The molecule has 0 radical (unpaired) electrons. The Bertz CT molecular complexity index is 3650. The maximum Gasteiger partial charge on any atom is 0.0659 e. The van der Waals surface area contributed by atoms with Crippen LogP contribution in [-0.4, -0.2) is 59.8 Å². The SMILES string of the molecule is C1=Cc2cc3ccc(cc4ccc(cc5nc(cc1n2)C=C5)[nH]4)[nH]3.C1=Cc2cc3ccc(cc4ccc(cc5nc(cc1n2)C=C5)[nH]4)[nH]3.C1=Cc2cc3ccc(cc4ccc(cc5nc(cc1n2)C=C5)[nH]4)[nH]3. The van der Waals surface area contributed by atoms with Crippen LogP contribution in [0.4, 0.5) is 0 Å². The van der Waals surface area contributed by atoms with E-state index >= 15 is 0 Å². The van der Waals surface area contributed by atoms with Crippen molar-refractivity contribution in [2.45, 2.75) is 0 Å². The number of aromatic nitrogens is 12. The molecule has 15 heterocycles. The van der Waals surface area contributed by atoms with Crippen molar-refractivity contribution in [2.24, 2.45) is 0 Å². The summed E-state index contributed by atoms with van der Waals surface area (Å²) in [6.45, 7) is 0. The van der Waals surface area contributed by atoms with E-state index in [-0.39, 0.29) is 0 Å². The Balaban J connectivity index is 0.000000105. The molecule has 6 N–H and O–H groups in total. The van der Waals surface area contributed by atoms with Crippen LogP contribution in [0.25, 0.3) is 139 Å². The molecule has 0 saturated carbocycles. The summed E-state index contributed by atoms with van der Waals surface area (Å²) >= 11 is 0. The second-order valence-electron chi connectivity index (χ2n) is 17.7. The third kappa shape index (κ3) is 9.73. The first-order valence-electron chi connectivity index (χ1n) is 23.5. The minimum absolute atomic E-state index is 0.915. The van der Waals surface area contributed by atoms with Gasteiger partial charge in [-0.3, -0.25) is 0 Å². The van der Waals surface area contributed by atoms with Gasteiger partial charge in [0.15, 0.2) is 0 Å². The first kappa shape index (κ1) is 41.9. The fourth-order valence-corrected chi connectivity index (χ4v) is 8.83. The van der Waals surface area contributed by atoms with E-state index in [1.54, 1.807) is 0 Å². The van der Waals surface area contributed by atoms with Crippen LogP contribution in [0.2, 0.25) is 0 Å². The standard InChI is InChI=1S/3C20H14N4/c3*1-2-14-10-16-5-6-18(23-16)12-20-8-7-19(24-20)11-17-4-3-15(22-17)9-13(1)21-14/h3*1-12,21-22H. The molecule has 15 rings (SSSR count). The number of nitrogens with one attached hydrogen (secondary N) is 6. The summed E-state index contributed by atoms with van der Waals surface area (Å²) in [6.07, 6.45) is 24.1. The van der Waals surface area contributed by atoms with Crippen LogP contribution in [0.5, 0.6) is 0 Å². The van der Waals surface area contributed by atoms with Gasteiger partial charge in [-0.25, -0.2) is 29.9 Å². The van der Waals surface area contributed by atoms with Crippen molar-refractivity contribution < 1.29 is 0 Å². The number of fused-ring (bicyclic) bond motifs is 24. The highest BCUT2D eigenvalue weighted by atomic mass is 14.8. The molecule has 0 unspecified atom stereocenters. The zero-order valence-electron chi connectivity index (χ0n) is 38.5. The lowest BCUT2D eigenvalue weighted by atomic mass is 10.3. The van der Waals surface area contributed by atoms with Gasteiger partial charge in [0.2, 0.25) is 0 Å². The lowest BCUT2D eigenvalue weighted by molar-refractivity contribution is 1.28. The molecular weight excluding hydrogens is 889 g/mol. The fourth-order valence-electron chi connectivity index (χ4n) is 8.83. The highest BCUT2D eigenvalue weighted by Gasteiger charge is 2.06. The topological polar surface area (TPSA) is 172 Å².